The number of nitrogens with zero attached hydrogens (tertiary/aromatic N) is 2. The number of hydrogen-bond acceptors (Lipinski definition) is 2. The fraction of sp³-hybridized carbons (Fsp3) is 0.833. The Kier molecular flexibility index (Phi) is 4.47. The van der Waals surface area contributed by atoms with Gasteiger partial charge in [-0.25, -0.2) is 5.01 Å². The molecule has 0 aromatic heterocycles. The van der Waals surface area contributed by atoms with Crippen molar-refractivity contribution < 1.29 is 0 Å². The lowest BCUT2D eigenvalue weighted by atomic mass is 10.5. The van der Waals surface area contributed by atoms with Crippen LogP contribution >= 0.6 is 12.6 Å². The summed E-state index contributed by atoms with van der Waals surface area (Å²) in [5.74, 6) is 0. The minimum absolute atomic E-state index is 0.298. The van der Waals surface area contributed by atoms with Crippen molar-refractivity contribution in [3.8, 4) is 0 Å². The molecule has 0 rings (SSSR count). The summed E-state index contributed by atoms with van der Waals surface area (Å²) in [5.41, 5.74) is 0. The highest BCUT2D eigenvalue weighted by Gasteiger charge is 2.05. The molecule has 0 unspecified atom stereocenters. The Morgan fingerprint density at radius 2 is 2.00 bits per heavy atom. The zero-order valence-corrected chi connectivity index (χ0v) is 7.65. The van der Waals surface area contributed by atoms with Crippen molar-refractivity contribution in [1.29, 1.82) is 5.41 Å². The van der Waals surface area contributed by atoms with Crippen LogP contribution in [0.4, 0.5) is 0 Å². The van der Waals surface area contributed by atoms with E-state index in [1.54, 1.807) is 5.01 Å². The van der Waals surface area contributed by atoms with Crippen molar-refractivity contribution >= 4 is 17.8 Å². The molecule has 0 aromatic carbocycles. The van der Waals surface area contributed by atoms with Crippen molar-refractivity contribution in [2.75, 3.05) is 20.6 Å². The Labute approximate surface area is 67.9 Å². The highest BCUT2D eigenvalue weighted by molar-refractivity contribution is 7.96. The van der Waals surface area contributed by atoms with Crippen LogP contribution in [0.25, 0.3) is 0 Å². The number of rotatable bonds is 3. The zero-order valence-electron chi connectivity index (χ0n) is 6.76. The molecule has 4 heteroatoms. The number of hydrogen-bond donors (Lipinski definition) is 2. The van der Waals surface area contributed by atoms with Crippen LogP contribution in [0.15, 0.2) is 0 Å². The maximum Gasteiger partial charge on any atom is 0.167 e. The largest absolute Gasteiger partial charge is 0.285 e. The van der Waals surface area contributed by atoms with Crippen molar-refractivity contribution in [1.82, 2.24) is 10.0 Å². The van der Waals surface area contributed by atoms with E-state index in [9.17, 15) is 0 Å². The van der Waals surface area contributed by atoms with Gasteiger partial charge in [0.2, 0.25) is 0 Å². The predicted molar refractivity (Wildman–Crippen MR) is 47.4 cm³/mol. The molecule has 0 saturated carbocycles. The summed E-state index contributed by atoms with van der Waals surface area (Å²) in [4.78, 5) is 0. The van der Waals surface area contributed by atoms with E-state index < -0.39 is 0 Å². The fourth-order valence-corrected chi connectivity index (χ4v) is 0.986. The molecule has 0 fully saturated rings. The smallest absolute Gasteiger partial charge is 0.167 e. The summed E-state index contributed by atoms with van der Waals surface area (Å²) in [5, 5.41) is 11.2. The lowest BCUT2D eigenvalue weighted by molar-refractivity contribution is 0.114. The lowest BCUT2D eigenvalue weighted by Crippen LogP contribution is -2.39. The second kappa shape index (κ2) is 4.57. The molecule has 0 saturated heterocycles. The zero-order chi connectivity index (χ0) is 8.15. The van der Waals surface area contributed by atoms with Crippen LogP contribution < -0.4 is 0 Å². The van der Waals surface area contributed by atoms with E-state index in [1.165, 1.54) is 0 Å². The van der Waals surface area contributed by atoms with E-state index >= 15 is 0 Å². The van der Waals surface area contributed by atoms with Crippen molar-refractivity contribution in [2.45, 2.75) is 13.3 Å². The molecule has 60 valence electrons. The van der Waals surface area contributed by atoms with E-state index in [2.05, 4.69) is 19.6 Å². The minimum atomic E-state index is 0.298. The third-order valence-corrected chi connectivity index (χ3v) is 1.39. The number of nitrogens with one attached hydrogen (secondary N) is 1. The monoisotopic (exact) mass is 161 g/mol. The van der Waals surface area contributed by atoms with Gasteiger partial charge in [0.25, 0.3) is 0 Å². The summed E-state index contributed by atoms with van der Waals surface area (Å²) in [6.45, 7) is 2.93. The predicted octanol–water partition coefficient (Wildman–Crippen LogP) is 1.04. The molecule has 0 heterocycles. The molecule has 0 atom stereocenters. The van der Waals surface area contributed by atoms with Crippen LogP contribution in [-0.2, 0) is 0 Å². The minimum Gasteiger partial charge on any atom is -0.285 e. The Morgan fingerprint density at radius 3 is 2.10 bits per heavy atom. The average molecular weight is 161 g/mol. The number of thiol groups is 1. The Balaban J connectivity index is 3.85. The molecule has 0 aromatic rings. The van der Waals surface area contributed by atoms with Crippen LogP contribution in [0.2, 0.25) is 0 Å². The SMILES string of the molecule is CCCN(C(=N)S)N(C)C. The molecule has 0 spiro atoms. The number of amidine groups is 1. The van der Waals surface area contributed by atoms with Gasteiger partial charge in [0.05, 0.1) is 0 Å². The normalized spacial score (nSPS) is 10.1. The third-order valence-electron chi connectivity index (χ3n) is 1.16. The van der Waals surface area contributed by atoms with Gasteiger partial charge in [-0.3, -0.25) is 10.4 Å². The molecule has 0 aliphatic rings. The van der Waals surface area contributed by atoms with E-state index in [0.717, 1.165) is 13.0 Å². The van der Waals surface area contributed by atoms with Crippen LogP contribution in [0.1, 0.15) is 13.3 Å². The van der Waals surface area contributed by atoms with Crippen LogP contribution in [0.5, 0.6) is 0 Å². The Hall–Kier alpha value is -0.220. The molecule has 0 aliphatic carbocycles. The van der Waals surface area contributed by atoms with Crippen LogP contribution in [0, 0.1) is 5.41 Å². The highest BCUT2D eigenvalue weighted by Crippen LogP contribution is 1.97. The summed E-state index contributed by atoms with van der Waals surface area (Å²) in [6, 6.07) is 0. The van der Waals surface area contributed by atoms with Gasteiger partial charge in [-0.05, 0) is 6.42 Å². The number of hydrazine groups is 1. The maximum absolute atomic E-state index is 7.23. The third kappa shape index (κ3) is 3.08. The van der Waals surface area contributed by atoms with E-state index in [4.69, 9.17) is 5.41 Å². The first-order valence-electron chi connectivity index (χ1n) is 3.31. The molecular weight excluding hydrogens is 146 g/mol. The molecule has 0 amide bonds. The van der Waals surface area contributed by atoms with Crippen LogP contribution in [-0.4, -0.2) is 35.8 Å². The molecular formula is C6H15N3S. The second-order valence-electron chi connectivity index (χ2n) is 2.29. The van der Waals surface area contributed by atoms with E-state index in [-0.39, 0.29) is 0 Å². The highest BCUT2D eigenvalue weighted by atomic mass is 32.1. The lowest BCUT2D eigenvalue weighted by Gasteiger charge is -2.28. The van der Waals surface area contributed by atoms with Gasteiger partial charge in [0.15, 0.2) is 5.17 Å². The first-order valence-corrected chi connectivity index (χ1v) is 3.76. The van der Waals surface area contributed by atoms with Gasteiger partial charge in [0, 0.05) is 20.6 Å². The van der Waals surface area contributed by atoms with Gasteiger partial charge in [-0.1, -0.05) is 6.92 Å². The molecule has 10 heavy (non-hydrogen) atoms. The van der Waals surface area contributed by atoms with Crippen molar-refractivity contribution in [2.24, 2.45) is 0 Å². The quantitative estimate of drug-likeness (QED) is 0.280. The van der Waals surface area contributed by atoms with Crippen molar-refractivity contribution in [3.63, 3.8) is 0 Å². The molecule has 3 nitrogen and oxygen atoms in total. The second-order valence-corrected chi connectivity index (χ2v) is 2.72. The standard InChI is InChI=1S/C6H15N3S/c1-4-5-9(6(7)10)8(2)3/h4-5H2,1-3H3,(H2,7,10). The topological polar surface area (TPSA) is 30.3 Å². The van der Waals surface area contributed by atoms with E-state index in [1.807, 2.05) is 19.1 Å². The summed E-state index contributed by atoms with van der Waals surface area (Å²) in [7, 11) is 3.81. The van der Waals surface area contributed by atoms with Gasteiger partial charge >= 0.3 is 0 Å². The molecule has 0 radical (unpaired) electrons. The van der Waals surface area contributed by atoms with E-state index in [0.29, 0.717) is 5.17 Å². The average Bonchev–Trinajstić information content (AvgIpc) is 1.81. The van der Waals surface area contributed by atoms with Gasteiger partial charge in [0.1, 0.15) is 0 Å². The van der Waals surface area contributed by atoms with Crippen molar-refractivity contribution in [3.05, 3.63) is 0 Å². The molecule has 0 aliphatic heterocycles. The first kappa shape index (κ1) is 9.78. The van der Waals surface area contributed by atoms with Gasteiger partial charge < -0.3 is 0 Å². The maximum atomic E-state index is 7.23. The summed E-state index contributed by atoms with van der Waals surface area (Å²) in [6.07, 6.45) is 1.03. The van der Waals surface area contributed by atoms with Gasteiger partial charge in [-0.15, -0.1) is 12.6 Å². The fourth-order valence-electron chi connectivity index (χ4n) is 0.707. The van der Waals surface area contributed by atoms with Crippen LogP contribution in [0.3, 0.4) is 0 Å². The summed E-state index contributed by atoms with van der Waals surface area (Å²) < 4.78 is 0. The van der Waals surface area contributed by atoms with Gasteiger partial charge in [-0.2, -0.15) is 0 Å². The summed E-state index contributed by atoms with van der Waals surface area (Å²) >= 11 is 3.93. The molecule has 0 bridgehead atoms. The Morgan fingerprint density at radius 1 is 1.50 bits per heavy atom. The Bertz CT molecular complexity index is 114. The first-order chi connectivity index (χ1) is 4.59. The molecule has 1 N–H and O–H groups in total.